The number of sulfonamides is 1. The third-order valence-electron chi connectivity index (χ3n) is 5.11. The highest BCUT2D eigenvalue weighted by molar-refractivity contribution is 7.91. The third kappa shape index (κ3) is 5.92. The first-order chi connectivity index (χ1) is 14.4. The lowest BCUT2D eigenvalue weighted by molar-refractivity contribution is -0.121. The summed E-state index contributed by atoms with van der Waals surface area (Å²) < 4.78 is 37.7. The predicted octanol–water partition coefficient (Wildman–Crippen LogP) is 2.24. The van der Waals surface area contributed by atoms with Crippen molar-refractivity contribution in [3.63, 3.8) is 0 Å². The molecule has 2 aromatic rings. The Bertz CT molecular complexity index is 905. The van der Waals surface area contributed by atoms with Crippen LogP contribution in [0.4, 0.5) is 0 Å². The molecule has 1 N–H and O–H groups in total. The first-order valence-corrected chi connectivity index (χ1v) is 12.3. The van der Waals surface area contributed by atoms with Gasteiger partial charge in [0, 0.05) is 39.6 Å². The lowest BCUT2D eigenvalue weighted by atomic mass is 10.1. The van der Waals surface area contributed by atoms with Crippen LogP contribution in [0.2, 0.25) is 0 Å². The van der Waals surface area contributed by atoms with Crippen molar-refractivity contribution in [2.45, 2.75) is 30.0 Å². The number of morpholine rings is 1. The van der Waals surface area contributed by atoms with E-state index in [1.54, 1.807) is 24.6 Å². The van der Waals surface area contributed by atoms with Gasteiger partial charge >= 0.3 is 0 Å². The van der Waals surface area contributed by atoms with Gasteiger partial charge in [-0.1, -0.05) is 6.07 Å². The Labute approximate surface area is 181 Å². The van der Waals surface area contributed by atoms with Crippen molar-refractivity contribution < 1.29 is 22.4 Å². The maximum Gasteiger partial charge on any atom is 0.252 e. The predicted molar refractivity (Wildman–Crippen MR) is 115 cm³/mol. The molecule has 1 aliphatic heterocycles. The van der Waals surface area contributed by atoms with E-state index >= 15 is 0 Å². The number of hydrogen-bond acceptors (Lipinski definition) is 7. The quantitative estimate of drug-likeness (QED) is 0.591. The Morgan fingerprint density at radius 2 is 2.07 bits per heavy atom. The fraction of sp³-hybridized carbons (Fsp3) is 0.550. The van der Waals surface area contributed by atoms with E-state index in [4.69, 9.17) is 9.15 Å². The van der Waals surface area contributed by atoms with Gasteiger partial charge in [-0.15, -0.1) is 11.3 Å². The number of carbonyl (C=O) groups is 1. The molecule has 30 heavy (non-hydrogen) atoms. The number of rotatable bonds is 10. The molecular weight excluding hydrogens is 426 g/mol. The monoisotopic (exact) mass is 455 g/mol. The SMILES string of the molecule is Cc1ccc(C(CNC(=O)CCCN(C)S(=O)(=O)c2cccs2)N2CCOCC2)o1. The Hall–Kier alpha value is -1.72. The van der Waals surface area contributed by atoms with Crippen molar-refractivity contribution in [2.24, 2.45) is 0 Å². The van der Waals surface area contributed by atoms with Gasteiger partial charge in [0.25, 0.3) is 10.0 Å². The number of carbonyl (C=O) groups excluding carboxylic acids is 1. The van der Waals surface area contributed by atoms with Gasteiger partial charge in [0.1, 0.15) is 15.7 Å². The highest BCUT2D eigenvalue weighted by Crippen LogP contribution is 2.23. The summed E-state index contributed by atoms with van der Waals surface area (Å²) >= 11 is 1.19. The van der Waals surface area contributed by atoms with E-state index in [-0.39, 0.29) is 24.9 Å². The Balaban J connectivity index is 1.48. The molecule has 1 aliphatic rings. The number of nitrogens with zero attached hydrogens (tertiary/aromatic N) is 2. The number of furan rings is 1. The normalized spacial score (nSPS) is 16.6. The van der Waals surface area contributed by atoms with E-state index < -0.39 is 10.0 Å². The van der Waals surface area contributed by atoms with Gasteiger partial charge in [-0.05, 0) is 36.9 Å². The lowest BCUT2D eigenvalue weighted by Crippen LogP contribution is -2.43. The molecule has 0 aromatic carbocycles. The minimum absolute atomic E-state index is 0.0478. The number of ether oxygens (including phenoxy) is 1. The second-order valence-corrected chi connectivity index (χ2v) is 10.5. The number of nitrogens with one attached hydrogen (secondary N) is 1. The van der Waals surface area contributed by atoms with Crippen molar-refractivity contribution in [3.8, 4) is 0 Å². The van der Waals surface area contributed by atoms with Crippen LogP contribution in [0.3, 0.4) is 0 Å². The fourth-order valence-electron chi connectivity index (χ4n) is 3.38. The van der Waals surface area contributed by atoms with Crippen LogP contribution in [0.1, 0.15) is 30.4 Å². The highest BCUT2D eigenvalue weighted by Gasteiger charge is 2.26. The molecule has 0 saturated carbocycles. The summed E-state index contributed by atoms with van der Waals surface area (Å²) in [7, 11) is -1.94. The molecule has 1 unspecified atom stereocenters. The van der Waals surface area contributed by atoms with E-state index in [2.05, 4.69) is 10.2 Å². The molecule has 1 saturated heterocycles. The van der Waals surface area contributed by atoms with Crippen molar-refractivity contribution >= 4 is 27.3 Å². The molecule has 0 bridgehead atoms. The van der Waals surface area contributed by atoms with Crippen LogP contribution in [0, 0.1) is 6.92 Å². The van der Waals surface area contributed by atoms with Crippen LogP contribution in [-0.4, -0.2) is 70.0 Å². The molecule has 1 atom stereocenters. The first-order valence-electron chi connectivity index (χ1n) is 10.0. The zero-order valence-corrected chi connectivity index (χ0v) is 19.0. The second-order valence-electron chi connectivity index (χ2n) is 7.28. The fourth-order valence-corrected chi connectivity index (χ4v) is 5.79. The highest BCUT2D eigenvalue weighted by atomic mass is 32.2. The summed E-state index contributed by atoms with van der Waals surface area (Å²) in [6.07, 6.45) is 0.715. The van der Waals surface area contributed by atoms with Crippen LogP contribution in [-0.2, 0) is 19.6 Å². The molecule has 8 nitrogen and oxygen atoms in total. The third-order valence-corrected chi connectivity index (χ3v) is 8.33. The molecule has 1 fully saturated rings. The molecule has 2 aromatic heterocycles. The summed E-state index contributed by atoms with van der Waals surface area (Å²) in [5.41, 5.74) is 0. The van der Waals surface area contributed by atoms with Gasteiger partial charge in [-0.25, -0.2) is 12.7 Å². The first kappa shape index (κ1) is 23.0. The summed E-state index contributed by atoms with van der Waals surface area (Å²) in [5, 5.41) is 4.72. The zero-order chi connectivity index (χ0) is 21.6. The van der Waals surface area contributed by atoms with Crippen molar-refractivity contribution in [2.75, 3.05) is 46.4 Å². The Morgan fingerprint density at radius 3 is 2.70 bits per heavy atom. The minimum atomic E-state index is -3.48. The van der Waals surface area contributed by atoms with Crippen LogP contribution < -0.4 is 5.32 Å². The van der Waals surface area contributed by atoms with Crippen molar-refractivity contribution in [1.29, 1.82) is 0 Å². The topological polar surface area (TPSA) is 92.1 Å². The zero-order valence-electron chi connectivity index (χ0n) is 17.4. The number of aryl methyl sites for hydroxylation is 1. The number of thiophene rings is 1. The van der Waals surface area contributed by atoms with Gasteiger partial charge in [-0.3, -0.25) is 9.69 Å². The molecular formula is C20H29N3O5S2. The van der Waals surface area contributed by atoms with Gasteiger partial charge in [0.2, 0.25) is 5.91 Å². The van der Waals surface area contributed by atoms with E-state index in [0.29, 0.717) is 30.4 Å². The van der Waals surface area contributed by atoms with Crippen LogP contribution in [0.5, 0.6) is 0 Å². The maximum atomic E-state index is 12.4. The van der Waals surface area contributed by atoms with E-state index in [0.717, 1.165) is 24.6 Å². The molecule has 3 heterocycles. The lowest BCUT2D eigenvalue weighted by Gasteiger charge is -2.33. The average Bonchev–Trinajstić information content (AvgIpc) is 3.41. The van der Waals surface area contributed by atoms with Gasteiger partial charge in [-0.2, -0.15) is 0 Å². The number of amides is 1. The van der Waals surface area contributed by atoms with Crippen molar-refractivity contribution in [1.82, 2.24) is 14.5 Å². The number of hydrogen-bond donors (Lipinski definition) is 1. The minimum Gasteiger partial charge on any atom is -0.465 e. The summed E-state index contributed by atoms with van der Waals surface area (Å²) in [6, 6.07) is 7.13. The van der Waals surface area contributed by atoms with Crippen LogP contribution >= 0.6 is 11.3 Å². The molecule has 0 radical (unpaired) electrons. The summed E-state index contributed by atoms with van der Waals surface area (Å²) in [6.45, 7) is 5.52. The van der Waals surface area contributed by atoms with Crippen LogP contribution in [0.25, 0.3) is 0 Å². The summed E-state index contributed by atoms with van der Waals surface area (Å²) in [4.78, 5) is 14.6. The average molecular weight is 456 g/mol. The van der Waals surface area contributed by atoms with E-state index in [1.807, 2.05) is 19.1 Å². The maximum absolute atomic E-state index is 12.4. The smallest absolute Gasteiger partial charge is 0.252 e. The molecule has 10 heteroatoms. The van der Waals surface area contributed by atoms with Gasteiger partial charge in [0.15, 0.2) is 0 Å². The van der Waals surface area contributed by atoms with Crippen molar-refractivity contribution in [3.05, 3.63) is 41.2 Å². The van der Waals surface area contributed by atoms with Crippen LogP contribution in [0.15, 0.2) is 38.3 Å². The van der Waals surface area contributed by atoms with E-state index in [1.165, 1.54) is 15.6 Å². The molecule has 0 spiro atoms. The van der Waals surface area contributed by atoms with E-state index in [9.17, 15) is 13.2 Å². The Kier molecular flexibility index (Phi) is 8.06. The standard InChI is InChI=1S/C20H29N3O5S2/c1-16-7-8-18(28-16)17(23-10-12-27-13-11-23)15-21-19(24)5-3-9-22(2)30(25,26)20-6-4-14-29-20/h4,6-8,14,17H,3,5,9-13,15H2,1-2H3,(H,21,24). The molecule has 1 amide bonds. The second kappa shape index (κ2) is 10.5. The van der Waals surface area contributed by atoms with Gasteiger partial charge < -0.3 is 14.5 Å². The molecule has 0 aliphatic carbocycles. The Morgan fingerprint density at radius 1 is 1.30 bits per heavy atom. The largest absolute Gasteiger partial charge is 0.465 e. The van der Waals surface area contributed by atoms with Gasteiger partial charge in [0.05, 0.1) is 19.3 Å². The summed E-state index contributed by atoms with van der Waals surface area (Å²) in [5.74, 6) is 1.57. The molecule has 166 valence electrons. The molecule has 3 rings (SSSR count).